The number of hydrogen-bond donors (Lipinski definition) is 2. The van der Waals surface area contributed by atoms with Crippen LogP contribution in [0.15, 0.2) is 28.9 Å². The molecule has 0 radical (unpaired) electrons. The van der Waals surface area contributed by atoms with Gasteiger partial charge in [0, 0.05) is 29.7 Å². The summed E-state index contributed by atoms with van der Waals surface area (Å²) in [5, 5.41) is 14.0. The molecule has 0 aromatic carbocycles. The molecule has 0 saturated carbocycles. The molecule has 8 heteroatoms. The van der Waals surface area contributed by atoms with Crippen molar-refractivity contribution >= 4 is 36.0 Å². The third-order valence-electron chi connectivity index (χ3n) is 2.96. The fraction of sp³-hybridized carbons (Fsp3) is 0.375. The van der Waals surface area contributed by atoms with Crippen LogP contribution in [-0.2, 0) is 4.79 Å². The minimum atomic E-state index is -2.02. The first kappa shape index (κ1) is 18.5. The second kappa shape index (κ2) is 7.85. The predicted octanol–water partition coefficient (Wildman–Crippen LogP) is 4.37. The Morgan fingerprint density at radius 2 is 2.21 bits per heavy atom. The van der Waals surface area contributed by atoms with Gasteiger partial charge in [-0.3, -0.25) is 15.1 Å². The van der Waals surface area contributed by atoms with Crippen molar-refractivity contribution in [3.05, 3.63) is 24.5 Å². The van der Waals surface area contributed by atoms with Crippen LogP contribution in [0.1, 0.15) is 12.8 Å². The zero-order valence-electron chi connectivity index (χ0n) is 13.9. The smallest absolute Gasteiger partial charge is 0.245 e. The van der Waals surface area contributed by atoms with Crippen molar-refractivity contribution in [2.45, 2.75) is 32.5 Å². The Morgan fingerprint density at radius 3 is 2.79 bits per heavy atom. The Balaban J connectivity index is 2.38. The second-order valence-corrected chi connectivity index (χ2v) is 11.5. The van der Waals surface area contributed by atoms with E-state index < -0.39 is 8.32 Å². The average Bonchev–Trinajstić information content (AvgIpc) is 2.81. The van der Waals surface area contributed by atoms with E-state index >= 15 is 0 Å². The van der Waals surface area contributed by atoms with E-state index in [9.17, 15) is 9.90 Å². The van der Waals surface area contributed by atoms with Crippen molar-refractivity contribution in [1.29, 1.82) is 0 Å². The van der Waals surface area contributed by atoms with E-state index in [1.165, 1.54) is 0 Å². The van der Waals surface area contributed by atoms with Crippen LogP contribution >= 0.6 is 15.9 Å². The highest BCUT2D eigenvalue weighted by molar-refractivity contribution is 9.09. The molecule has 0 fully saturated rings. The van der Waals surface area contributed by atoms with E-state index in [1.54, 1.807) is 24.5 Å². The van der Waals surface area contributed by atoms with E-state index in [-0.39, 0.29) is 29.1 Å². The van der Waals surface area contributed by atoms with Gasteiger partial charge in [0.15, 0.2) is 5.76 Å². The molecule has 6 nitrogen and oxygen atoms in total. The third kappa shape index (κ3) is 4.84. The highest BCUT2D eigenvalue weighted by Gasteiger charge is 2.28. The van der Waals surface area contributed by atoms with Crippen LogP contribution in [0.2, 0.25) is 19.6 Å². The van der Waals surface area contributed by atoms with Gasteiger partial charge in [0.05, 0.1) is 0 Å². The molecule has 0 saturated heterocycles. The van der Waals surface area contributed by atoms with E-state index in [4.69, 9.17) is 8.84 Å². The lowest BCUT2D eigenvalue weighted by molar-refractivity contribution is -0.116. The number of alkyl halides is 1. The number of amides is 1. The first-order chi connectivity index (χ1) is 11.3. The summed E-state index contributed by atoms with van der Waals surface area (Å²) in [7, 11) is -2.02. The summed E-state index contributed by atoms with van der Waals surface area (Å²) >= 11 is 3.29. The summed E-state index contributed by atoms with van der Waals surface area (Å²) in [5.41, 5.74) is 0.608. The van der Waals surface area contributed by atoms with Gasteiger partial charge >= 0.3 is 0 Å². The van der Waals surface area contributed by atoms with Gasteiger partial charge in [0.1, 0.15) is 0 Å². The van der Waals surface area contributed by atoms with Gasteiger partial charge in [-0.2, -0.15) is 0 Å². The molecular weight excluding hydrogens is 392 g/mol. The van der Waals surface area contributed by atoms with Crippen LogP contribution < -0.4 is 9.74 Å². The summed E-state index contributed by atoms with van der Waals surface area (Å²) in [6.45, 7) is 5.96. The molecule has 2 aromatic rings. The number of halogens is 1. The van der Waals surface area contributed by atoms with Crippen LogP contribution in [0.4, 0.5) is 5.88 Å². The van der Waals surface area contributed by atoms with Gasteiger partial charge < -0.3 is 13.9 Å². The maximum absolute atomic E-state index is 12.0. The summed E-state index contributed by atoms with van der Waals surface area (Å²) < 4.78 is 11.6. The molecule has 24 heavy (non-hydrogen) atoms. The van der Waals surface area contributed by atoms with Crippen molar-refractivity contribution < 1.29 is 18.7 Å². The molecule has 2 heterocycles. The number of carbonyl (C=O) groups is 1. The number of furan rings is 1. The Hall–Kier alpha value is -1.80. The molecule has 2 rings (SSSR count). The third-order valence-corrected chi connectivity index (χ3v) is 4.34. The molecule has 0 aliphatic carbocycles. The maximum Gasteiger partial charge on any atom is 0.245 e. The molecule has 2 aromatic heterocycles. The molecule has 2 N–H and O–H groups in total. The zero-order chi connectivity index (χ0) is 17.7. The van der Waals surface area contributed by atoms with E-state index in [2.05, 4.69) is 26.2 Å². The number of rotatable bonds is 7. The van der Waals surface area contributed by atoms with Gasteiger partial charge in [0.25, 0.3) is 0 Å². The molecule has 0 unspecified atom stereocenters. The number of nitrogens with zero attached hydrogens (tertiary/aromatic N) is 1. The van der Waals surface area contributed by atoms with Crippen LogP contribution in [0.25, 0.3) is 11.3 Å². The monoisotopic (exact) mass is 412 g/mol. The van der Waals surface area contributed by atoms with Crippen molar-refractivity contribution in [3.63, 3.8) is 0 Å². The first-order valence-corrected chi connectivity index (χ1v) is 12.2. The molecule has 0 spiro atoms. The molecule has 130 valence electrons. The Bertz CT molecular complexity index is 698. The van der Waals surface area contributed by atoms with Gasteiger partial charge in [-0.1, -0.05) is 15.9 Å². The Labute approximate surface area is 150 Å². The van der Waals surface area contributed by atoms with Crippen LogP contribution in [0, 0.1) is 0 Å². The summed E-state index contributed by atoms with van der Waals surface area (Å²) in [5.74, 6) is 0.225. The zero-order valence-corrected chi connectivity index (χ0v) is 16.5. The largest absolute Gasteiger partial charge is 0.538 e. The van der Waals surface area contributed by atoms with E-state index in [0.29, 0.717) is 18.4 Å². The minimum Gasteiger partial charge on any atom is -0.538 e. The van der Waals surface area contributed by atoms with Gasteiger partial charge in [-0.25, -0.2) is 0 Å². The fourth-order valence-electron chi connectivity index (χ4n) is 2.00. The molecule has 0 atom stereocenters. The highest BCUT2D eigenvalue weighted by Crippen LogP contribution is 2.46. The second-order valence-electron chi connectivity index (χ2n) is 6.23. The van der Waals surface area contributed by atoms with Crippen LogP contribution in [0.3, 0.4) is 0 Å². The quantitative estimate of drug-likeness (QED) is 0.520. The van der Waals surface area contributed by atoms with Crippen LogP contribution in [-0.4, -0.2) is 29.6 Å². The number of carbonyl (C=O) groups excluding carboxylic acids is 1. The number of nitrogens with one attached hydrogen (secondary N) is 1. The standard InChI is InChI=1S/C16H21BrN2O4Si/c1-24(2,3)23-15-13(21)14(11-6-5-9-18-10-11)22-16(15)19-12(20)7-4-8-17/h5-6,9-10,21H,4,7-8H2,1-3H3,(H,19,20). The molecular formula is C16H21BrN2O4Si. The van der Waals surface area contributed by atoms with E-state index in [1.807, 2.05) is 19.6 Å². The molecule has 1 amide bonds. The summed E-state index contributed by atoms with van der Waals surface area (Å²) in [6, 6.07) is 3.50. The summed E-state index contributed by atoms with van der Waals surface area (Å²) in [6.07, 6.45) is 4.26. The lowest BCUT2D eigenvalue weighted by Crippen LogP contribution is -2.29. The minimum absolute atomic E-state index is 0.124. The Kier molecular flexibility index (Phi) is 6.06. The van der Waals surface area contributed by atoms with Crippen molar-refractivity contribution in [3.8, 4) is 22.8 Å². The average molecular weight is 413 g/mol. The topological polar surface area (TPSA) is 84.6 Å². The van der Waals surface area contributed by atoms with Gasteiger partial charge in [0.2, 0.25) is 31.6 Å². The number of hydrogen-bond acceptors (Lipinski definition) is 5. The van der Waals surface area contributed by atoms with Crippen molar-refractivity contribution in [1.82, 2.24) is 4.98 Å². The van der Waals surface area contributed by atoms with Crippen LogP contribution in [0.5, 0.6) is 11.5 Å². The lowest BCUT2D eigenvalue weighted by Gasteiger charge is -2.18. The predicted molar refractivity (Wildman–Crippen MR) is 99.2 cm³/mol. The van der Waals surface area contributed by atoms with Crippen molar-refractivity contribution in [2.75, 3.05) is 10.6 Å². The first-order valence-electron chi connectivity index (χ1n) is 7.63. The van der Waals surface area contributed by atoms with E-state index in [0.717, 1.165) is 5.33 Å². The molecule has 0 bridgehead atoms. The van der Waals surface area contributed by atoms with Gasteiger partial charge in [-0.05, 0) is 38.2 Å². The highest BCUT2D eigenvalue weighted by atomic mass is 79.9. The SMILES string of the molecule is C[Si](C)(C)Oc1c(NC(=O)CCCBr)oc(-c2cccnc2)c1O. The number of pyridine rings is 1. The van der Waals surface area contributed by atoms with Crippen molar-refractivity contribution in [2.24, 2.45) is 0 Å². The lowest BCUT2D eigenvalue weighted by atomic mass is 10.2. The molecule has 0 aliphatic rings. The normalized spacial score (nSPS) is 11.3. The van der Waals surface area contributed by atoms with Gasteiger partial charge in [-0.15, -0.1) is 0 Å². The number of anilines is 1. The fourth-order valence-corrected chi connectivity index (χ4v) is 3.08. The Morgan fingerprint density at radius 1 is 1.46 bits per heavy atom. The summed E-state index contributed by atoms with van der Waals surface area (Å²) in [4.78, 5) is 16.0. The number of aromatic nitrogens is 1. The number of aromatic hydroxyl groups is 1. The maximum atomic E-state index is 12.0. The molecule has 0 aliphatic heterocycles.